The molecule has 2 aromatic carbocycles. The van der Waals surface area contributed by atoms with Crippen molar-refractivity contribution in [2.45, 2.75) is 18.7 Å². The first-order valence-corrected chi connectivity index (χ1v) is 9.80. The van der Waals surface area contributed by atoms with Crippen molar-refractivity contribution in [2.24, 2.45) is 5.92 Å². The van der Waals surface area contributed by atoms with E-state index in [0.717, 1.165) is 0 Å². The van der Waals surface area contributed by atoms with E-state index in [1.54, 1.807) is 12.1 Å². The molecule has 0 spiro atoms. The van der Waals surface area contributed by atoms with Crippen LogP contribution in [0.15, 0.2) is 53.4 Å². The van der Waals surface area contributed by atoms with Crippen LogP contribution < -0.4 is 10.0 Å². The lowest BCUT2D eigenvalue weighted by Gasteiger charge is -2.10. The number of amides is 1. The van der Waals surface area contributed by atoms with Gasteiger partial charge in [0.1, 0.15) is 0 Å². The molecule has 0 unspecified atom stereocenters. The number of hydrogen-bond acceptors (Lipinski definition) is 5. The highest BCUT2D eigenvalue weighted by atomic mass is 32.2. The van der Waals surface area contributed by atoms with E-state index in [1.165, 1.54) is 43.5 Å². The van der Waals surface area contributed by atoms with E-state index in [0.29, 0.717) is 17.8 Å². The van der Waals surface area contributed by atoms with Crippen LogP contribution in [0.25, 0.3) is 0 Å². The first kappa shape index (κ1) is 20.6. The minimum Gasteiger partial charge on any atom is -0.465 e. The fourth-order valence-electron chi connectivity index (χ4n) is 2.17. The Labute approximate surface area is 158 Å². The molecule has 2 aromatic rings. The predicted molar refractivity (Wildman–Crippen MR) is 102 cm³/mol. The van der Waals surface area contributed by atoms with E-state index in [-0.39, 0.29) is 16.4 Å². The van der Waals surface area contributed by atoms with Crippen LogP contribution in [0.5, 0.6) is 0 Å². The molecule has 27 heavy (non-hydrogen) atoms. The van der Waals surface area contributed by atoms with Gasteiger partial charge in [-0.2, -0.15) is 0 Å². The summed E-state index contributed by atoms with van der Waals surface area (Å²) in [5.41, 5.74) is 1.04. The van der Waals surface area contributed by atoms with Gasteiger partial charge >= 0.3 is 5.97 Å². The number of rotatable bonds is 7. The van der Waals surface area contributed by atoms with Gasteiger partial charge in [0.15, 0.2) is 0 Å². The van der Waals surface area contributed by atoms with Crippen LogP contribution in [-0.4, -0.2) is 33.9 Å². The minimum absolute atomic E-state index is 0.0249. The van der Waals surface area contributed by atoms with Gasteiger partial charge in [0.25, 0.3) is 5.91 Å². The number of benzene rings is 2. The number of methoxy groups -OCH3 is 1. The molecule has 0 aliphatic heterocycles. The largest absolute Gasteiger partial charge is 0.465 e. The first-order valence-electron chi connectivity index (χ1n) is 8.32. The first-order chi connectivity index (χ1) is 12.7. The summed E-state index contributed by atoms with van der Waals surface area (Å²) in [5.74, 6) is -0.763. The zero-order valence-corrected chi connectivity index (χ0v) is 16.2. The quantitative estimate of drug-likeness (QED) is 0.708. The van der Waals surface area contributed by atoms with Crippen molar-refractivity contribution in [3.63, 3.8) is 0 Å². The molecular formula is C19H22N2O5S. The molecule has 1 amide bonds. The number of carbonyl (C=O) groups is 2. The lowest BCUT2D eigenvalue weighted by Crippen LogP contribution is -2.27. The second-order valence-corrected chi connectivity index (χ2v) is 8.06. The normalized spacial score (nSPS) is 11.3. The van der Waals surface area contributed by atoms with Gasteiger partial charge in [-0.05, 0) is 48.4 Å². The maximum absolute atomic E-state index is 12.4. The zero-order valence-electron chi connectivity index (χ0n) is 15.4. The van der Waals surface area contributed by atoms with E-state index in [1.807, 2.05) is 13.8 Å². The summed E-state index contributed by atoms with van der Waals surface area (Å²) in [7, 11) is -2.40. The summed E-state index contributed by atoms with van der Waals surface area (Å²) in [4.78, 5) is 23.9. The summed E-state index contributed by atoms with van der Waals surface area (Å²) >= 11 is 0. The molecule has 0 aliphatic carbocycles. The average molecular weight is 390 g/mol. The summed E-state index contributed by atoms with van der Waals surface area (Å²) in [5, 5.41) is 2.66. The molecule has 0 bridgehead atoms. The monoisotopic (exact) mass is 390 g/mol. The third-order valence-corrected chi connectivity index (χ3v) is 5.07. The fraction of sp³-hybridized carbons (Fsp3) is 0.263. The van der Waals surface area contributed by atoms with Crippen molar-refractivity contribution < 1.29 is 22.7 Å². The van der Waals surface area contributed by atoms with E-state index < -0.39 is 21.9 Å². The molecule has 144 valence electrons. The lowest BCUT2D eigenvalue weighted by molar-refractivity contribution is 0.0600. The number of sulfonamides is 1. The zero-order chi connectivity index (χ0) is 20.0. The Morgan fingerprint density at radius 2 is 1.70 bits per heavy atom. The molecule has 0 saturated heterocycles. The fourth-order valence-corrected chi connectivity index (χ4v) is 3.43. The van der Waals surface area contributed by atoms with E-state index >= 15 is 0 Å². The molecule has 0 saturated carbocycles. The molecule has 0 aromatic heterocycles. The van der Waals surface area contributed by atoms with Crippen molar-refractivity contribution in [1.82, 2.24) is 4.72 Å². The van der Waals surface area contributed by atoms with Crippen molar-refractivity contribution in [2.75, 3.05) is 19.0 Å². The van der Waals surface area contributed by atoms with Crippen LogP contribution in [0.1, 0.15) is 34.6 Å². The SMILES string of the molecule is COC(=O)c1ccc(NC(=O)c2cccc(S(=O)(=O)NCC(C)C)c2)cc1. The van der Waals surface area contributed by atoms with Gasteiger partial charge in [-0.25, -0.2) is 17.9 Å². The van der Waals surface area contributed by atoms with E-state index in [9.17, 15) is 18.0 Å². The summed E-state index contributed by atoms with van der Waals surface area (Å²) < 4.78 is 31.8. The molecule has 0 atom stereocenters. The third-order valence-electron chi connectivity index (χ3n) is 3.65. The second kappa shape index (κ2) is 8.79. The molecule has 2 N–H and O–H groups in total. The van der Waals surface area contributed by atoms with Crippen molar-refractivity contribution in [1.29, 1.82) is 0 Å². The Morgan fingerprint density at radius 1 is 1.04 bits per heavy atom. The molecule has 0 radical (unpaired) electrons. The van der Waals surface area contributed by atoms with Crippen LogP contribution in [0.3, 0.4) is 0 Å². The van der Waals surface area contributed by atoms with Crippen LogP contribution in [0.2, 0.25) is 0 Å². The van der Waals surface area contributed by atoms with Crippen LogP contribution in [0.4, 0.5) is 5.69 Å². The average Bonchev–Trinajstić information content (AvgIpc) is 2.66. The molecule has 0 fully saturated rings. The number of anilines is 1. The Bertz CT molecular complexity index is 921. The molecule has 2 rings (SSSR count). The van der Waals surface area contributed by atoms with Crippen LogP contribution in [-0.2, 0) is 14.8 Å². The Hall–Kier alpha value is -2.71. The molecule has 0 aliphatic rings. The van der Waals surface area contributed by atoms with Gasteiger partial charge in [0.2, 0.25) is 10.0 Å². The highest BCUT2D eigenvalue weighted by Gasteiger charge is 2.16. The van der Waals surface area contributed by atoms with Gasteiger partial charge in [-0.1, -0.05) is 19.9 Å². The topological polar surface area (TPSA) is 102 Å². The smallest absolute Gasteiger partial charge is 0.337 e. The number of carbonyl (C=O) groups excluding carboxylic acids is 2. The van der Waals surface area contributed by atoms with Crippen molar-refractivity contribution >= 4 is 27.6 Å². The number of esters is 1. The van der Waals surface area contributed by atoms with Gasteiger partial charge in [0, 0.05) is 17.8 Å². The van der Waals surface area contributed by atoms with E-state index in [4.69, 9.17) is 0 Å². The Balaban J connectivity index is 2.14. The second-order valence-electron chi connectivity index (χ2n) is 6.30. The summed E-state index contributed by atoms with van der Waals surface area (Å²) in [6.07, 6.45) is 0. The number of ether oxygens (including phenoxy) is 1. The van der Waals surface area contributed by atoms with Gasteiger partial charge < -0.3 is 10.1 Å². The minimum atomic E-state index is -3.68. The molecular weight excluding hydrogens is 368 g/mol. The molecule has 8 heteroatoms. The predicted octanol–water partition coefficient (Wildman–Crippen LogP) is 2.66. The highest BCUT2D eigenvalue weighted by molar-refractivity contribution is 7.89. The number of hydrogen-bond donors (Lipinski definition) is 2. The van der Waals surface area contributed by atoms with Gasteiger partial charge in [-0.3, -0.25) is 4.79 Å². The van der Waals surface area contributed by atoms with Crippen molar-refractivity contribution in [3.05, 3.63) is 59.7 Å². The number of nitrogens with one attached hydrogen (secondary N) is 2. The van der Waals surface area contributed by atoms with E-state index in [2.05, 4.69) is 14.8 Å². The van der Waals surface area contributed by atoms with Crippen molar-refractivity contribution in [3.8, 4) is 0 Å². The van der Waals surface area contributed by atoms with Crippen LogP contribution in [0, 0.1) is 5.92 Å². The Morgan fingerprint density at radius 3 is 2.30 bits per heavy atom. The third kappa shape index (κ3) is 5.63. The summed E-state index contributed by atoms with van der Waals surface area (Å²) in [6, 6.07) is 12.0. The van der Waals surface area contributed by atoms with Gasteiger partial charge in [-0.15, -0.1) is 0 Å². The van der Waals surface area contributed by atoms with Gasteiger partial charge in [0.05, 0.1) is 17.6 Å². The highest BCUT2D eigenvalue weighted by Crippen LogP contribution is 2.15. The molecule has 0 heterocycles. The maximum atomic E-state index is 12.4. The summed E-state index contributed by atoms with van der Waals surface area (Å²) in [6.45, 7) is 4.11. The Kier molecular flexibility index (Phi) is 6.70. The molecule has 7 nitrogen and oxygen atoms in total. The standard InChI is InChI=1S/C19H22N2O5S/c1-13(2)12-20-27(24,25)17-6-4-5-15(11-17)18(22)21-16-9-7-14(8-10-16)19(23)26-3/h4-11,13,20H,12H2,1-3H3,(H,21,22). The maximum Gasteiger partial charge on any atom is 0.337 e. The lowest BCUT2D eigenvalue weighted by atomic mass is 10.2. The van der Waals surface area contributed by atoms with Crippen LogP contribution >= 0.6 is 0 Å².